The molecule has 1 aliphatic rings. The Bertz CT molecular complexity index is 1020. The first-order valence-corrected chi connectivity index (χ1v) is 9.10. The van der Waals surface area contributed by atoms with Crippen molar-refractivity contribution in [1.29, 1.82) is 0 Å². The fourth-order valence-corrected chi connectivity index (χ4v) is 3.81. The average Bonchev–Trinajstić information content (AvgIpc) is 3.27. The van der Waals surface area contributed by atoms with Gasteiger partial charge in [-0.15, -0.1) is 0 Å². The van der Waals surface area contributed by atoms with Gasteiger partial charge in [0.25, 0.3) is 5.91 Å². The van der Waals surface area contributed by atoms with Gasteiger partial charge in [0.2, 0.25) is 0 Å². The van der Waals surface area contributed by atoms with Crippen LogP contribution >= 0.6 is 0 Å². The highest BCUT2D eigenvalue weighted by atomic mass is 16.2. The lowest BCUT2D eigenvalue weighted by Crippen LogP contribution is -2.35. The van der Waals surface area contributed by atoms with Crippen LogP contribution in [0.4, 0.5) is 0 Å². The highest BCUT2D eigenvalue weighted by molar-refractivity contribution is 5.99. The molecule has 0 fully saturated rings. The number of rotatable bonds is 3. The normalized spacial score (nSPS) is 16.6. The number of fused-ring (bicyclic) bond motifs is 1. The maximum Gasteiger partial charge on any atom is 0.254 e. The molecule has 0 saturated heterocycles. The molecule has 4 rings (SSSR count). The summed E-state index contributed by atoms with van der Waals surface area (Å²) in [4.78, 5) is 14.9. The number of hydrogen-bond donors (Lipinski definition) is 0. The van der Waals surface area contributed by atoms with E-state index in [0.717, 1.165) is 34.1 Å². The number of amides is 1. The molecule has 132 valence electrons. The summed E-state index contributed by atoms with van der Waals surface area (Å²) in [6, 6.07) is 14.3. The lowest BCUT2D eigenvalue weighted by atomic mass is 10.0. The summed E-state index contributed by atoms with van der Waals surface area (Å²) in [5.74, 6) is 0.0839. The van der Waals surface area contributed by atoms with Crippen molar-refractivity contribution in [3.63, 3.8) is 0 Å². The van der Waals surface area contributed by atoms with Crippen molar-refractivity contribution in [2.75, 3.05) is 6.54 Å². The van der Waals surface area contributed by atoms with Crippen LogP contribution in [0.15, 0.2) is 54.6 Å². The molecule has 4 heteroatoms. The largest absolute Gasteiger partial charge is 0.329 e. The molecule has 26 heavy (non-hydrogen) atoms. The second kappa shape index (κ2) is 6.45. The van der Waals surface area contributed by atoms with Gasteiger partial charge in [-0.3, -0.25) is 9.48 Å². The highest BCUT2D eigenvalue weighted by Gasteiger charge is 2.24. The van der Waals surface area contributed by atoms with Gasteiger partial charge in [-0.05, 0) is 37.1 Å². The van der Waals surface area contributed by atoms with Crippen molar-refractivity contribution in [3.05, 3.63) is 65.7 Å². The number of carbonyl (C=O) groups is 1. The van der Waals surface area contributed by atoms with Gasteiger partial charge in [-0.2, -0.15) is 5.10 Å². The topological polar surface area (TPSA) is 38.1 Å². The van der Waals surface area contributed by atoms with Gasteiger partial charge in [0.15, 0.2) is 0 Å². The Labute approximate surface area is 153 Å². The molecule has 0 spiro atoms. The number of nitrogens with zero attached hydrogens (tertiary/aromatic N) is 3. The Hall–Kier alpha value is -2.88. The number of aromatic nitrogens is 2. The van der Waals surface area contributed by atoms with E-state index in [1.165, 1.54) is 5.56 Å². The highest BCUT2D eigenvalue weighted by Crippen LogP contribution is 2.31. The molecule has 1 atom stereocenters. The third kappa shape index (κ3) is 2.62. The first kappa shape index (κ1) is 16.6. The van der Waals surface area contributed by atoms with Crippen LogP contribution in [0, 0.1) is 6.92 Å². The lowest BCUT2D eigenvalue weighted by molar-refractivity contribution is 0.0747. The molecule has 2 aromatic carbocycles. The smallest absolute Gasteiger partial charge is 0.254 e. The zero-order valence-corrected chi connectivity index (χ0v) is 15.4. The standard InChI is InChI=1S/C22H23N3O/c1-4-18-11-7-13-25(18)22(26)17-10-6-9-16(14-17)21-20-15(2)8-5-12-19(20)24(3)23-21/h5-12,14,18H,4,13H2,1-3H3. The van der Waals surface area contributed by atoms with Crippen molar-refractivity contribution in [2.45, 2.75) is 26.3 Å². The minimum absolute atomic E-state index is 0.0839. The second-order valence-electron chi connectivity index (χ2n) is 6.88. The molecular weight excluding hydrogens is 322 g/mol. The van der Waals surface area contributed by atoms with Crippen LogP contribution in [0.5, 0.6) is 0 Å². The third-order valence-electron chi connectivity index (χ3n) is 5.21. The third-order valence-corrected chi connectivity index (χ3v) is 5.21. The van der Waals surface area contributed by atoms with E-state index in [2.05, 4.69) is 38.1 Å². The van der Waals surface area contributed by atoms with Gasteiger partial charge in [-0.1, -0.05) is 43.3 Å². The van der Waals surface area contributed by atoms with Crippen LogP contribution in [0.3, 0.4) is 0 Å². The number of benzene rings is 2. The first-order chi connectivity index (χ1) is 12.6. The molecule has 4 nitrogen and oxygen atoms in total. The Balaban J connectivity index is 1.77. The number of carbonyl (C=O) groups excluding carboxylic acids is 1. The van der Waals surface area contributed by atoms with E-state index in [4.69, 9.17) is 5.10 Å². The molecule has 1 aromatic heterocycles. The minimum atomic E-state index is 0.0839. The van der Waals surface area contributed by atoms with Crippen molar-refractivity contribution in [1.82, 2.24) is 14.7 Å². The minimum Gasteiger partial charge on any atom is -0.329 e. The number of aryl methyl sites for hydroxylation is 2. The molecule has 1 aliphatic heterocycles. The van der Waals surface area contributed by atoms with Crippen LogP contribution in [0.1, 0.15) is 29.3 Å². The van der Waals surface area contributed by atoms with Gasteiger partial charge in [0.05, 0.1) is 11.6 Å². The maximum absolute atomic E-state index is 13.0. The van der Waals surface area contributed by atoms with Crippen molar-refractivity contribution < 1.29 is 4.79 Å². The van der Waals surface area contributed by atoms with Crippen molar-refractivity contribution >= 4 is 16.8 Å². The van der Waals surface area contributed by atoms with Crippen molar-refractivity contribution in [2.24, 2.45) is 7.05 Å². The lowest BCUT2D eigenvalue weighted by Gasteiger charge is -2.23. The van der Waals surface area contributed by atoms with Gasteiger partial charge in [0, 0.05) is 30.1 Å². The summed E-state index contributed by atoms with van der Waals surface area (Å²) in [6.07, 6.45) is 5.13. The predicted octanol–water partition coefficient (Wildman–Crippen LogP) is 4.34. The van der Waals surface area contributed by atoms with E-state index in [-0.39, 0.29) is 11.9 Å². The fraction of sp³-hybridized carbons (Fsp3) is 0.273. The van der Waals surface area contributed by atoms with Crippen LogP contribution in [-0.4, -0.2) is 33.2 Å². The number of hydrogen-bond acceptors (Lipinski definition) is 2. The van der Waals surface area contributed by atoms with Crippen LogP contribution in [-0.2, 0) is 7.05 Å². The van der Waals surface area contributed by atoms with Gasteiger partial charge >= 0.3 is 0 Å². The summed E-state index contributed by atoms with van der Waals surface area (Å²) >= 11 is 0. The molecule has 1 unspecified atom stereocenters. The predicted molar refractivity (Wildman–Crippen MR) is 105 cm³/mol. The molecule has 3 aromatic rings. The monoisotopic (exact) mass is 345 g/mol. The van der Waals surface area contributed by atoms with E-state index in [1.807, 2.05) is 47.0 Å². The van der Waals surface area contributed by atoms with E-state index >= 15 is 0 Å². The molecule has 0 saturated carbocycles. The zero-order valence-electron chi connectivity index (χ0n) is 15.4. The van der Waals surface area contributed by atoms with E-state index in [0.29, 0.717) is 6.54 Å². The van der Waals surface area contributed by atoms with Crippen LogP contribution in [0.25, 0.3) is 22.2 Å². The average molecular weight is 345 g/mol. The molecular formula is C22H23N3O. The summed E-state index contributed by atoms with van der Waals surface area (Å²) in [7, 11) is 1.96. The maximum atomic E-state index is 13.0. The van der Waals surface area contributed by atoms with Crippen molar-refractivity contribution in [3.8, 4) is 11.3 Å². The zero-order chi connectivity index (χ0) is 18.3. The van der Waals surface area contributed by atoms with Crippen LogP contribution in [0.2, 0.25) is 0 Å². The Morgan fingerprint density at radius 3 is 2.85 bits per heavy atom. The van der Waals surface area contributed by atoms with Gasteiger partial charge in [-0.25, -0.2) is 0 Å². The van der Waals surface area contributed by atoms with Crippen LogP contribution < -0.4 is 0 Å². The Morgan fingerprint density at radius 2 is 2.04 bits per heavy atom. The van der Waals surface area contributed by atoms with E-state index in [1.54, 1.807) is 0 Å². The summed E-state index contributed by atoms with van der Waals surface area (Å²) < 4.78 is 1.91. The first-order valence-electron chi connectivity index (χ1n) is 9.10. The molecule has 0 N–H and O–H groups in total. The molecule has 0 bridgehead atoms. The molecule has 2 heterocycles. The molecule has 0 aliphatic carbocycles. The second-order valence-corrected chi connectivity index (χ2v) is 6.88. The summed E-state index contributed by atoms with van der Waals surface area (Å²) in [6.45, 7) is 4.90. The fourth-order valence-electron chi connectivity index (χ4n) is 3.81. The SMILES string of the molecule is CCC1C=CCN1C(=O)c1cccc(-c2nn(C)c3cccc(C)c23)c1. The molecule has 0 radical (unpaired) electrons. The Kier molecular flexibility index (Phi) is 4.11. The quantitative estimate of drug-likeness (QED) is 0.662. The van der Waals surface area contributed by atoms with E-state index in [9.17, 15) is 4.79 Å². The van der Waals surface area contributed by atoms with Gasteiger partial charge < -0.3 is 4.90 Å². The summed E-state index contributed by atoms with van der Waals surface area (Å²) in [5.41, 5.74) is 4.93. The van der Waals surface area contributed by atoms with Gasteiger partial charge in [0.1, 0.15) is 5.69 Å². The Morgan fingerprint density at radius 1 is 1.23 bits per heavy atom. The summed E-state index contributed by atoms with van der Waals surface area (Å²) in [5, 5.41) is 5.88. The molecule has 1 amide bonds. The van der Waals surface area contributed by atoms with E-state index < -0.39 is 0 Å².